The van der Waals surface area contributed by atoms with E-state index in [1.807, 2.05) is 5.43 Å². The Kier molecular flexibility index (Phi) is 2.56. The summed E-state index contributed by atoms with van der Waals surface area (Å²) in [6, 6.07) is 1.18. The van der Waals surface area contributed by atoms with Crippen molar-refractivity contribution in [1.82, 2.24) is 20.2 Å². The van der Waals surface area contributed by atoms with Gasteiger partial charge in [-0.1, -0.05) is 0 Å². The third-order valence-electron chi connectivity index (χ3n) is 1.53. The monoisotopic (exact) mass is 180 g/mol. The van der Waals surface area contributed by atoms with Crippen molar-refractivity contribution in [3.8, 4) is 6.07 Å². The molecule has 0 saturated heterocycles. The van der Waals surface area contributed by atoms with Gasteiger partial charge >= 0.3 is 0 Å². The van der Waals surface area contributed by atoms with Gasteiger partial charge in [0, 0.05) is 0 Å². The summed E-state index contributed by atoms with van der Waals surface area (Å²) in [5, 5.41) is 12.1. The van der Waals surface area contributed by atoms with Crippen molar-refractivity contribution in [3.05, 3.63) is 12.2 Å². The van der Waals surface area contributed by atoms with E-state index in [1.165, 1.54) is 11.0 Å². The van der Waals surface area contributed by atoms with Crippen LogP contribution in [-0.2, 0) is 4.79 Å². The van der Waals surface area contributed by atoms with E-state index in [-0.39, 0.29) is 5.82 Å². The molecule has 0 fully saturated rings. The highest BCUT2D eigenvalue weighted by molar-refractivity contribution is 5.78. The fourth-order valence-electron chi connectivity index (χ4n) is 0.753. The first-order valence-electron chi connectivity index (χ1n) is 3.50. The number of hydrogen-bond donors (Lipinski definition) is 2. The molecule has 0 radical (unpaired) electrons. The normalized spacial score (nSPS) is 11.8. The van der Waals surface area contributed by atoms with Gasteiger partial charge in [0.1, 0.15) is 18.4 Å². The molecule has 3 N–H and O–H groups in total. The van der Waals surface area contributed by atoms with Crippen LogP contribution in [0.4, 0.5) is 0 Å². The number of nitriles is 1. The number of nitrogens with zero attached hydrogens (tertiary/aromatic N) is 4. The predicted molar refractivity (Wildman–Crippen MR) is 41.8 cm³/mol. The lowest BCUT2D eigenvalue weighted by molar-refractivity contribution is -0.124. The molecule has 7 nitrogen and oxygen atoms in total. The molecule has 1 atom stereocenters. The Labute approximate surface area is 74.1 Å². The highest BCUT2D eigenvalue weighted by atomic mass is 16.2. The number of carbonyl (C=O) groups is 1. The van der Waals surface area contributed by atoms with E-state index in [9.17, 15) is 4.79 Å². The number of rotatable bonds is 2. The Balaban J connectivity index is 2.84. The van der Waals surface area contributed by atoms with Crippen molar-refractivity contribution in [3.63, 3.8) is 0 Å². The van der Waals surface area contributed by atoms with E-state index in [2.05, 4.69) is 10.1 Å². The maximum Gasteiger partial charge on any atom is 0.258 e. The molecule has 13 heavy (non-hydrogen) atoms. The van der Waals surface area contributed by atoms with Crippen LogP contribution in [0.15, 0.2) is 6.33 Å². The van der Waals surface area contributed by atoms with Gasteiger partial charge in [0.2, 0.25) is 0 Å². The Hall–Kier alpha value is -1.94. The molecule has 1 unspecified atom stereocenters. The van der Waals surface area contributed by atoms with Gasteiger partial charge in [0.25, 0.3) is 11.7 Å². The third-order valence-corrected chi connectivity index (χ3v) is 1.53. The minimum absolute atomic E-state index is 0.0247. The molecule has 0 aliphatic carbocycles. The molecule has 0 aliphatic rings. The number of hydrogen-bond acceptors (Lipinski definition) is 5. The summed E-state index contributed by atoms with van der Waals surface area (Å²) in [5.74, 6) is 4.55. The maximum atomic E-state index is 11.0. The lowest BCUT2D eigenvalue weighted by Crippen LogP contribution is -2.36. The van der Waals surface area contributed by atoms with Crippen LogP contribution in [-0.4, -0.2) is 20.7 Å². The molecule has 0 bridgehead atoms. The van der Waals surface area contributed by atoms with Crippen LogP contribution in [0.3, 0.4) is 0 Å². The standard InChI is InChI=1S/C6H8N6O/c1-4(6(13)10-8)12-3-9-5(2-7)11-12/h3-4H,8H2,1H3,(H,10,13). The number of hydrazine groups is 1. The molecule has 0 saturated carbocycles. The number of nitrogens with two attached hydrogens (primary N) is 1. The van der Waals surface area contributed by atoms with Crippen LogP contribution in [0.5, 0.6) is 0 Å². The highest BCUT2D eigenvalue weighted by Crippen LogP contribution is 2.01. The van der Waals surface area contributed by atoms with Gasteiger partial charge in [-0.15, -0.1) is 5.10 Å². The van der Waals surface area contributed by atoms with E-state index >= 15 is 0 Å². The summed E-state index contributed by atoms with van der Waals surface area (Å²) in [4.78, 5) is 14.6. The van der Waals surface area contributed by atoms with Crippen LogP contribution in [0, 0.1) is 11.3 Å². The average molecular weight is 180 g/mol. The second-order valence-corrected chi connectivity index (χ2v) is 2.34. The Bertz CT molecular complexity index is 350. The quantitative estimate of drug-likeness (QED) is 0.334. The topological polar surface area (TPSA) is 110 Å². The molecule has 1 rings (SSSR count). The summed E-state index contributed by atoms with van der Waals surface area (Å²) < 4.78 is 1.26. The smallest absolute Gasteiger partial charge is 0.258 e. The van der Waals surface area contributed by atoms with Gasteiger partial charge in [-0.2, -0.15) is 5.26 Å². The number of carbonyl (C=O) groups excluding carboxylic acids is 1. The number of amides is 1. The lowest BCUT2D eigenvalue weighted by Gasteiger charge is -2.07. The molecular weight excluding hydrogens is 172 g/mol. The van der Waals surface area contributed by atoms with Gasteiger partial charge in [0.05, 0.1) is 0 Å². The Morgan fingerprint density at radius 1 is 1.92 bits per heavy atom. The fourth-order valence-corrected chi connectivity index (χ4v) is 0.753. The number of nitrogens with one attached hydrogen (secondary N) is 1. The zero-order valence-corrected chi connectivity index (χ0v) is 6.93. The molecule has 0 aromatic carbocycles. The lowest BCUT2D eigenvalue weighted by atomic mass is 10.3. The predicted octanol–water partition coefficient (Wildman–Crippen LogP) is -1.30. The SMILES string of the molecule is CC(C(=O)NN)n1cnc(C#N)n1. The minimum atomic E-state index is -0.570. The van der Waals surface area contributed by atoms with Crippen molar-refractivity contribution in [2.24, 2.45) is 5.84 Å². The third kappa shape index (κ3) is 1.80. The Morgan fingerprint density at radius 2 is 2.62 bits per heavy atom. The summed E-state index contributed by atoms with van der Waals surface area (Å²) >= 11 is 0. The molecule has 1 amide bonds. The van der Waals surface area contributed by atoms with Gasteiger partial charge in [0.15, 0.2) is 0 Å². The van der Waals surface area contributed by atoms with Crippen LogP contribution >= 0.6 is 0 Å². The van der Waals surface area contributed by atoms with Gasteiger partial charge in [-0.25, -0.2) is 15.5 Å². The molecule has 0 spiro atoms. The van der Waals surface area contributed by atoms with Crippen molar-refractivity contribution in [2.45, 2.75) is 13.0 Å². The van der Waals surface area contributed by atoms with Crippen molar-refractivity contribution < 1.29 is 4.79 Å². The second-order valence-electron chi connectivity index (χ2n) is 2.34. The van der Waals surface area contributed by atoms with Crippen LogP contribution in [0.25, 0.3) is 0 Å². The van der Waals surface area contributed by atoms with E-state index in [0.29, 0.717) is 0 Å². The molecule has 1 aromatic heterocycles. The van der Waals surface area contributed by atoms with Crippen LogP contribution < -0.4 is 11.3 Å². The summed E-state index contributed by atoms with van der Waals surface area (Å²) in [6.07, 6.45) is 1.30. The minimum Gasteiger partial charge on any atom is -0.292 e. The zero-order chi connectivity index (χ0) is 9.84. The van der Waals surface area contributed by atoms with E-state index < -0.39 is 11.9 Å². The van der Waals surface area contributed by atoms with Gasteiger partial charge < -0.3 is 0 Å². The first kappa shape index (κ1) is 9.15. The van der Waals surface area contributed by atoms with Gasteiger partial charge in [-0.05, 0) is 6.92 Å². The maximum absolute atomic E-state index is 11.0. The van der Waals surface area contributed by atoms with Gasteiger partial charge in [-0.3, -0.25) is 10.2 Å². The largest absolute Gasteiger partial charge is 0.292 e. The summed E-state index contributed by atoms with van der Waals surface area (Å²) in [7, 11) is 0. The van der Waals surface area contributed by atoms with E-state index in [1.54, 1.807) is 13.0 Å². The van der Waals surface area contributed by atoms with Crippen LogP contribution in [0.2, 0.25) is 0 Å². The highest BCUT2D eigenvalue weighted by Gasteiger charge is 2.14. The zero-order valence-electron chi connectivity index (χ0n) is 6.93. The summed E-state index contributed by atoms with van der Waals surface area (Å²) in [5.41, 5.74) is 1.98. The molecule has 7 heteroatoms. The molecule has 0 aliphatic heterocycles. The summed E-state index contributed by atoms with van der Waals surface area (Å²) in [6.45, 7) is 1.60. The van der Waals surface area contributed by atoms with E-state index in [4.69, 9.17) is 11.1 Å². The molecular formula is C6H8N6O. The second kappa shape index (κ2) is 3.64. The van der Waals surface area contributed by atoms with Crippen molar-refractivity contribution >= 4 is 5.91 Å². The van der Waals surface area contributed by atoms with Crippen molar-refractivity contribution in [1.29, 1.82) is 5.26 Å². The fraction of sp³-hybridized carbons (Fsp3) is 0.333. The molecule has 1 heterocycles. The Morgan fingerprint density at radius 3 is 3.08 bits per heavy atom. The van der Waals surface area contributed by atoms with Crippen molar-refractivity contribution in [2.75, 3.05) is 0 Å². The van der Waals surface area contributed by atoms with Crippen LogP contribution in [0.1, 0.15) is 18.8 Å². The van der Waals surface area contributed by atoms with E-state index in [0.717, 1.165) is 0 Å². The molecule has 1 aromatic rings. The number of aromatic nitrogens is 3. The first-order chi connectivity index (χ1) is 6.19. The first-order valence-corrected chi connectivity index (χ1v) is 3.50. The molecule has 68 valence electrons. The average Bonchev–Trinajstić information content (AvgIpc) is 2.63.